The zero-order valence-electron chi connectivity index (χ0n) is 21.3. The number of aryl methyl sites for hydroxylation is 2. The van der Waals surface area contributed by atoms with E-state index in [0.29, 0.717) is 33.5 Å². The third kappa shape index (κ3) is 6.02. The SMILES string of the molecule is Cc1ccc(Oc2cnn(-c3cccc(Cl)c3)c(=O)c2Nc2cccc(C(=O)NCc3ccco3)c2)cc1C. The Balaban J connectivity index is 1.49. The van der Waals surface area contributed by atoms with Crippen LogP contribution in [0.25, 0.3) is 5.69 Å². The van der Waals surface area contributed by atoms with E-state index in [9.17, 15) is 9.59 Å². The van der Waals surface area contributed by atoms with Crippen LogP contribution in [-0.2, 0) is 6.54 Å². The number of aromatic nitrogens is 2. The lowest BCUT2D eigenvalue weighted by atomic mass is 10.1. The largest absolute Gasteiger partial charge is 0.467 e. The number of hydrogen-bond acceptors (Lipinski definition) is 6. The van der Waals surface area contributed by atoms with Gasteiger partial charge in [-0.15, -0.1) is 0 Å². The van der Waals surface area contributed by atoms with Crippen molar-refractivity contribution in [2.75, 3.05) is 5.32 Å². The number of benzene rings is 3. The molecular weight excluding hydrogens is 516 g/mol. The minimum Gasteiger partial charge on any atom is -0.467 e. The van der Waals surface area contributed by atoms with E-state index in [-0.39, 0.29) is 23.9 Å². The predicted octanol–water partition coefficient (Wildman–Crippen LogP) is 6.56. The summed E-state index contributed by atoms with van der Waals surface area (Å²) in [6.45, 7) is 4.25. The molecule has 2 aromatic heterocycles. The molecule has 0 radical (unpaired) electrons. The summed E-state index contributed by atoms with van der Waals surface area (Å²) in [5, 5.41) is 10.8. The number of furan rings is 1. The summed E-state index contributed by atoms with van der Waals surface area (Å²) < 4.78 is 12.6. The summed E-state index contributed by atoms with van der Waals surface area (Å²) in [7, 11) is 0. The maximum atomic E-state index is 13.7. The van der Waals surface area contributed by atoms with Crippen molar-refractivity contribution in [1.29, 1.82) is 0 Å². The Bertz CT molecular complexity index is 1700. The predicted molar refractivity (Wildman–Crippen MR) is 150 cm³/mol. The minimum atomic E-state index is -0.453. The molecule has 0 saturated heterocycles. The first-order chi connectivity index (χ1) is 18.9. The molecule has 196 valence electrons. The fourth-order valence-corrected chi connectivity index (χ4v) is 4.08. The molecule has 0 aliphatic carbocycles. The molecule has 8 nitrogen and oxygen atoms in total. The Morgan fingerprint density at radius 3 is 2.62 bits per heavy atom. The number of nitrogens with zero attached hydrogens (tertiary/aromatic N) is 2. The number of carbonyl (C=O) groups is 1. The molecule has 0 fully saturated rings. The van der Waals surface area contributed by atoms with Gasteiger partial charge in [0.1, 0.15) is 11.5 Å². The molecule has 9 heteroatoms. The van der Waals surface area contributed by atoms with Crippen LogP contribution in [0.15, 0.2) is 101 Å². The first-order valence-corrected chi connectivity index (χ1v) is 12.6. The van der Waals surface area contributed by atoms with E-state index in [4.69, 9.17) is 20.8 Å². The first kappa shape index (κ1) is 25.8. The molecule has 0 aliphatic heterocycles. The summed E-state index contributed by atoms with van der Waals surface area (Å²) in [5.74, 6) is 1.15. The van der Waals surface area contributed by atoms with Gasteiger partial charge in [-0.1, -0.05) is 29.8 Å². The van der Waals surface area contributed by atoms with Gasteiger partial charge >= 0.3 is 0 Å². The molecule has 39 heavy (non-hydrogen) atoms. The second kappa shape index (κ2) is 11.3. The number of hydrogen-bond donors (Lipinski definition) is 2. The molecule has 0 unspecified atom stereocenters. The van der Waals surface area contributed by atoms with Crippen LogP contribution in [0.1, 0.15) is 27.2 Å². The zero-order chi connectivity index (χ0) is 27.4. The van der Waals surface area contributed by atoms with Gasteiger partial charge in [0.25, 0.3) is 11.5 Å². The van der Waals surface area contributed by atoms with Crippen LogP contribution < -0.4 is 20.9 Å². The molecule has 0 spiro atoms. The Morgan fingerprint density at radius 1 is 1.00 bits per heavy atom. The van der Waals surface area contributed by atoms with Crippen molar-refractivity contribution in [1.82, 2.24) is 15.1 Å². The normalized spacial score (nSPS) is 10.7. The molecule has 5 aromatic rings. The molecule has 5 rings (SSSR count). The number of amides is 1. The van der Waals surface area contributed by atoms with Crippen molar-refractivity contribution < 1.29 is 13.9 Å². The second-order valence-corrected chi connectivity index (χ2v) is 9.33. The van der Waals surface area contributed by atoms with Gasteiger partial charge in [-0.05, 0) is 85.6 Å². The second-order valence-electron chi connectivity index (χ2n) is 8.90. The van der Waals surface area contributed by atoms with Gasteiger partial charge in [0.05, 0.1) is 24.7 Å². The van der Waals surface area contributed by atoms with E-state index in [1.54, 1.807) is 66.9 Å². The number of ether oxygens (including phenoxy) is 1. The molecular formula is C30H25ClN4O4. The highest BCUT2D eigenvalue weighted by Crippen LogP contribution is 2.30. The van der Waals surface area contributed by atoms with E-state index < -0.39 is 5.56 Å². The summed E-state index contributed by atoms with van der Waals surface area (Å²) in [4.78, 5) is 26.5. The maximum Gasteiger partial charge on any atom is 0.299 e. The molecule has 2 N–H and O–H groups in total. The van der Waals surface area contributed by atoms with Crippen molar-refractivity contribution in [2.45, 2.75) is 20.4 Å². The Kier molecular flexibility index (Phi) is 7.47. The number of nitrogens with one attached hydrogen (secondary N) is 2. The summed E-state index contributed by atoms with van der Waals surface area (Å²) >= 11 is 6.16. The molecule has 2 heterocycles. The van der Waals surface area contributed by atoms with E-state index in [1.165, 1.54) is 10.9 Å². The minimum absolute atomic E-state index is 0.149. The Morgan fingerprint density at radius 2 is 1.85 bits per heavy atom. The highest BCUT2D eigenvalue weighted by atomic mass is 35.5. The summed E-state index contributed by atoms with van der Waals surface area (Å²) in [6.07, 6.45) is 3.02. The molecule has 0 atom stereocenters. The lowest BCUT2D eigenvalue weighted by Gasteiger charge is -2.15. The van der Waals surface area contributed by atoms with Gasteiger partial charge < -0.3 is 19.8 Å². The number of anilines is 2. The monoisotopic (exact) mass is 540 g/mol. The van der Waals surface area contributed by atoms with Crippen LogP contribution in [0.3, 0.4) is 0 Å². The maximum absolute atomic E-state index is 13.7. The summed E-state index contributed by atoms with van der Waals surface area (Å²) in [5.41, 5.74) is 3.30. The zero-order valence-corrected chi connectivity index (χ0v) is 22.0. The molecule has 0 aliphatic rings. The lowest BCUT2D eigenvalue weighted by Crippen LogP contribution is -2.24. The number of halogens is 1. The highest BCUT2D eigenvalue weighted by molar-refractivity contribution is 6.30. The molecule has 0 bridgehead atoms. The Hall–Kier alpha value is -4.82. The highest BCUT2D eigenvalue weighted by Gasteiger charge is 2.17. The number of carbonyl (C=O) groups excluding carboxylic acids is 1. The van der Waals surface area contributed by atoms with Gasteiger partial charge in [-0.3, -0.25) is 9.59 Å². The van der Waals surface area contributed by atoms with Gasteiger partial charge in [0, 0.05) is 16.3 Å². The van der Waals surface area contributed by atoms with Gasteiger partial charge in [0.2, 0.25) is 0 Å². The van der Waals surface area contributed by atoms with Crippen LogP contribution in [0, 0.1) is 13.8 Å². The third-order valence-electron chi connectivity index (χ3n) is 6.10. The average molecular weight is 541 g/mol. The van der Waals surface area contributed by atoms with E-state index in [2.05, 4.69) is 15.7 Å². The van der Waals surface area contributed by atoms with Gasteiger partial charge in [-0.25, -0.2) is 0 Å². The van der Waals surface area contributed by atoms with Crippen molar-refractivity contribution in [3.8, 4) is 17.2 Å². The fraction of sp³-hybridized carbons (Fsp3) is 0.100. The Labute approximate surface area is 229 Å². The molecule has 1 amide bonds. The smallest absolute Gasteiger partial charge is 0.299 e. The van der Waals surface area contributed by atoms with Crippen molar-refractivity contribution in [3.05, 3.63) is 129 Å². The van der Waals surface area contributed by atoms with E-state index in [1.807, 2.05) is 32.0 Å². The first-order valence-electron chi connectivity index (χ1n) is 12.2. The fourth-order valence-electron chi connectivity index (χ4n) is 3.89. The van der Waals surface area contributed by atoms with Crippen LogP contribution in [0.5, 0.6) is 11.5 Å². The topological polar surface area (TPSA) is 98.4 Å². The van der Waals surface area contributed by atoms with Crippen LogP contribution in [0.4, 0.5) is 11.4 Å². The van der Waals surface area contributed by atoms with Crippen LogP contribution in [0.2, 0.25) is 5.02 Å². The summed E-state index contributed by atoms with van der Waals surface area (Å²) in [6, 6.07) is 22.9. The number of rotatable bonds is 8. The van der Waals surface area contributed by atoms with Gasteiger partial charge in [0.15, 0.2) is 11.4 Å². The van der Waals surface area contributed by atoms with Gasteiger partial charge in [-0.2, -0.15) is 9.78 Å². The third-order valence-corrected chi connectivity index (χ3v) is 6.33. The standard InChI is InChI=1S/C30H25ClN4O4/c1-19-11-12-25(14-20(19)2)39-27-18-33-35(24-9-4-7-22(31)16-24)30(37)28(27)34-23-8-3-6-21(15-23)29(36)32-17-26-10-5-13-38-26/h3-16,18,34H,17H2,1-2H3,(H,32,36). The van der Waals surface area contributed by atoms with E-state index >= 15 is 0 Å². The van der Waals surface area contributed by atoms with Crippen molar-refractivity contribution in [3.63, 3.8) is 0 Å². The average Bonchev–Trinajstić information content (AvgIpc) is 3.45. The lowest BCUT2D eigenvalue weighted by molar-refractivity contribution is 0.0948. The van der Waals surface area contributed by atoms with E-state index in [0.717, 1.165) is 11.1 Å². The molecule has 0 saturated carbocycles. The van der Waals surface area contributed by atoms with Crippen molar-refractivity contribution >= 4 is 28.9 Å². The van der Waals surface area contributed by atoms with Crippen molar-refractivity contribution in [2.24, 2.45) is 0 Å². The quantitative estimate of drug-likeness (QED) is 0.231. The molecule has 3 aromatic carbocycles. The van der Waals surface area contributed by atoms with Crippen LogP contribution in [-0.4, -0.2) is 15.7 Å². The van der Waals surface area contributed by atoms with Crippen LogP contribution >= 0.6 is 11.6 Å².